The molecule has 0 saturated carbocycles. The van der Waals surface area contributed by atoms with Crippen molar-refractivity contribution in [1.82, 2.24) is 9.80 Å². The number of amides is 1. The number of carbonyl (C=O) groups is 1. The van der Waals surface area contributed by atoms with Gasteiger partial charge >= 0.3 is 0 Å². The van der Waals surface area contributed by atoms with Gasteiger partial charge in [0.25, 0.3) is 5.91 Å². The Balaban J connectivity index is 2.04. The Kier molecular flexibility index (Phi) is 7.73. The van der Waals surface area contributed by atoms with E-state index in [0.29, 0.717) is 13.2 Å². The molecule has 0 aliphatic carbocycles. The van der Waals surface area contributed by atoms with Crippen LogP contribution in [0.4, 0.5) is 0 Å². The van der Waals surface area contributed by atoms with Crippen LogP contribution in [0.25, 0.3) is 0 Å². The number of ether oxygens (including phenoxy) is 1. The van der Waals surface area contributed by atoms with Gasteiger partial charge in [-0.15, -0.1) is 0 Å². The molecular formula is C20H32N2O2. The Labute approximate surface area is 146 Å². The van der Waals surface area contributed by atoms with Gasteiger partial charge in [-0.1, -0.05) is 26.0 Å². The SMILES string of the molecule is CCC(CC)N(CCOC)C(=O)c1ccc(CN2CCCC2)cc1. The molecule has 4 heteroatoms. The number of methoxy groups -OCH3 is 1. The first-order valence-electron chi connectivity index (χ1n) is 9.30. The minimum atomic E-state index is 0.119. The molecule has 1 aromatic carbocycles. The minimum Gasteiger partial charge on any atom is -0.383 e. The van der Waals surface area contributed by atoms with Gasteiger partial charge in [-0.05, 0) is 56.5 Å². The van der Waals surface area contributed by atoms with Crippen molar-refractivity contribution < 1.29 is 9.53 Å². The second kappa shape index (κ2) is 9.80. The lowest BCUT2D eigenvalue weighted by molar-refractivity contribution is 0.0589. The van der Waals surface area contributed by atoms with Crippen LogP contribution >= 0.6 is 0 Å². The Morgan fingerprint density at radius 3 is 2.33 bits per heavy atom. The van der Waals surface area contributed by atoms with Crippen LogP contribution in [0, 0.1) is 0 Å². The molecule has 2 rings (SSSR count). The van der Waals surface area contributed by atoms with Gasteiger partial charge in [0.05, 0.1) is 6.61 Å². The predicted octanol–water partition coefficient (Wildman–Crippen LogP) is 3.56. The molecular weight excluding hydrogens is 300 g/mol. The first-order valence-corrected chi connectivity index (χ1v) is 9.30. The second-order valence-corrected chi connectivity index (χ2v) is 6.64. The predicted molar refractivity (Wildman–Crippen MR) is 98.2 cm³/mol. The zero-order valence-electron chi connectivity index (χ0n) is 15.5. The molecule has 1 saturated heterocycles. The van der Waals surface area contributed by atoms with Gasteiger partial charge in [0.1, 0.15) is 0 Å². The Morgan fingerprint density at radius 1 is 1.17 bits per heavy atom. The van der Waals surface area contributed by atoms with Crippen molar-refractivity contribution >= 4 is 5.91 Å². The van der Waals surface area contributed by atoms with Gasteiger partial charge in [0, 0.05) is 31.8 Å². The van der Waals surface area contributed by atoms with Gasteiger partial charge in [0.2, 0.25) is 0 Å². The molecule has 0 radical (unpaired) electrons. The van der Waals surface area contributed by atoms with Gasteiger partial charge in [0.15, 0.2) is 0 Å². The summed E-state index contributed by atoms with van der Waals surface area (Å²) < 4.78 is 5.19. The molecule has 1 amide bonds. The van der Waals surface area contributed by atoms with Gasteiger partial charge in [-0.3, -0.25) is 9.69 Å². The summed E-state index contributed by atoms with van der Waals surface area (Å²) in [5.41, 5.74) is 2.07. The molecule has 1 fully saturated rings. The number of nitrogens with zero attached hydrogens (tertiary/aromatic N) is 2. The van der Waals surface area contributed by atoms with E-state index in [4.69, 9.17) is 4.74 Å². The summed E-state index contributed by atoms with van der Waals surface area (Å²) in [6.07, 6.45) is 4.55. The molecule has 1 aromatic rings. The van der Waals surface area contributed by atoms with E-state index in [1.54, 1.807) is 7.11 Å². The Hall–Kier alpha value is -1.39. The standard InChI is InChI=1S/C20H32N2O2/c1-4-19(5-2)22(14-15-24-3)20(23)18-10-8-17(9-11-18)16-21-12-6-7-13-21/h8-11,19H,4-7,12-16H2,1-3H3. The first kappa shape index (κ1) is 18.9. The summed E-state index contributed by atoms with van der Waals surface area (Å²) in [7, 11) is 1.68. The lowest BCUT2D eigenvalue weighted by Gasteiger charge is -2.30. The fourth-order valence-electron chi connectivity index (χ4n) is 3.49. The molecule has 0 spiro atoms. The summed E-state index contributed by atoms with van der Waals surface area (Å²) in [4.78, 5) is 17.4. The molecule has 0 N–H and O–H groups in total. The quantitative estimate of drug-likeness (QED) is 0.693. The van der Waals surface area contributed by atoms with Crippen molar-refractivity contribution in [3.05, 3.63) is 35.4 Å². The summed E-state index contributed by atoms with van der Waals surface area (Å²) >= 11 is 0. The van der Waals surface area contributed by atoms with Crippen molar-refractivity contribution in [1.29, 1.82) is 0 Å². The van der Waals surface area contributed by atoms with Gasteiger partial charge in [-0.2, -0.15) is 0 Å². The third-order valence-electron chi connectivity index (χ3n) is 4.99. The van der Waals surface area contributed by atoms with Crippen LogP contribution < -0.4 is 0 Å². The smallest absolute Gasteiger partial charge is 0.254 e. The third kappa shape index (κ3) is 5.05. The number of hydrogen-bond acceptors (Lipinski definition) is 3. The maximum atomic E-state index is 12.9. The molecule has 24 heavy (non-hydrogen) atoms. The van der Waals surface area contributed by atoms with Crippen molar-refractivity contribution in [2.75, 3.05) is 33.4 Å². The number of likely N-dealkylation sites (tertiary alicyclic amines) is 1. The van der Waals surface area contributed by atoms with Crippen molar-refractivity contribution in [3.8, 4) is 0 Å². The van der Waals surface area contributed by atoms with Crippen LogP contribution in [0.15, 0.2) is 24.3 Å². The van der Waals surface area contributed by atoms with Crippen molar-refractivity contribution in [2.24, 2.45) is 0 Å². The van der Waals surface area contributed by atoms with Gasteiger partial charge in [-0.25, -0.2) is 0 Å². The monoisotopic (exact) mass is 332 g/mol. The third-order valence-corrected chi connectivity index (χ3v) is 4.99. The zero-order valence-corrected chi connectivity index (χ0v) is 15.5. The van der Waals surface area contributed by atoms with E-state index in [-0.39, 0.29) is 11.9 Å². The highest BCUT2D eigenvalue weighted by atomic mass is 16.5. The van der Waals surface area contributed by atoms with E-state index in [1.165, 1.54) is 31.5 Å². The van der Waals surface area contributed by atoms with E-state index < -0.39 is 0 Å². The van der Waals surface area contributed by atoms with E-state index in [0.717, 1.165) is 24.9 Å². The summed E-state index contributed by atoms with van der Waals surface area (Å²) in [6, 6.07) is 8.45. The average molecular weight is 332 g/mol. The molecule has 1 heterocycles. The molecule has 1 aliphatic heterocycles. The molecule has 0 unspecified atom stereocenters. The van der Waals surface area contributed by atoms with Crippen LogP contribution in [0.1, 0.15) is 55.5 Å². The fourth-order valence-corrected chi connectivity index (χ4v) is 3.49. The molecule has 0 bridgehead atoms. The van der Waals surface area contributed by atoms with Gasteiger partial charge < -0.3 is 9.64 Å². The molecule has 134 valence electrons. The fraction of sp³-hybridized carbons (Fsp3) is 0.650. The highest BCUT2D eigenvalue weighted by Crippen LogP contribution is 2.16. The largest absolute Gasteiger partial charge is 0.383 e. The maximum Gasteiger partial charge on any atom is 0.254 e. The van der Waals surface area contributed by atoms with Crippen LogP contribution in [0.3, 0.4) is 0 Å². The lowest BCUT2D eigenvalue weighted by atomic mass is 10.1. The van der Waals surface area contributed by atoms with Crippen LogP contribution in [0.2, 0.25) is 0 Å². The highest BCUT2D eigenvalue weighted by Gasteiger charge is 2.22. The average Bonchev–Trinajstić information content (AvgIpc) is 3.12. The number of carbonyl (C=O) groups excluding carboxylic acids is 1. The maximum absolute atomic E-state index is 12.9. The van der Waals surface area contributed by atoms with E-state index in [1.807, 2.05) is 17.0 Å². The highest BCUT2D eigenvalue weighted by molar-refractivity contribution is 5.94. The van der Waals surface area contributed by atoms with Crippen LogP contribution in [-0.2, 0) is 11.3 Å². The van der Waals surface area contributed by atoms with Crippen molar-refractivity contribution in [3.63, 3.8) is 0 Å². The van der Waals surface area contributed by atoms with Crippen molar-refractivity contribution in [2.45, 2.75) is 52.1 Å². The second-order valence-electron chi connectivity index (χ2n) is 6.64. The molecule has 4 nitrogen and oxygen atoms in total. The first-order chi connectivity index (χ1) is 11.7. The summed E-state index contributed by atoms with van der Waals surface area (Å²) in [5, 5.41) is 0. The number of hydrogen-bond donors (Lipinski definition) is 0. The summed E-state index contributed by atoms with van der Waals surface area (Å²) in [5.74, 6) is 0.119. The van der Waals surface area contributed by atoms with E-state index in [2.05, 4.69) is 30.9 Å². The summed E-state index contributed by atoms with van der Waals surface area (Å²) in [6.45, 7) is 8.89. The topological polar surface area (TPSA) is 32.8 Å². The molecule has 0 atom stereocenters. The molecule has 0 aromatic heterocycles. The van der Waals surface area contributed by atoms with Crippen LogP contribution in [0.5, 0.6) is 0 Å². The number of benzene rings is 1. The van der Waals surface area contributed by atoms with Crippen LogP contribution in [-0.4, -0.2) is 55.1 Å². The normalized spacial score (nSPS) is 15.2. The Bertz CT molecular complexity index is 491. The Morgan fingerprint density at radius 2 is 1.79 bits per heavy atom. The molecule has 1 aliphatic rings. The van der Waals surface area contributed by atoms with E-state index >= 15 is 0 Å². The number of rotatable bonds is 9. The minimum absolute atomic E-state index is 0.119. The van der Waals surface area contributed by atoms with E-state index in [9.17, 15) is 4.79 Å². The zero-order chi connectivity index (χ0) is 17.4. The lowest BCUT2D eigenvalue weighted by Crippen LogP contribution is -2.41.